The van der Waals surface area contributed by atoms with Gasteiger partial charge in [-0.1, -0.05) is 58.0 Å². The van der Waals surface area contributed by atoms with E-state index in [0.29, 0.717) is 28.2 Å². The molecule has 0 spiro atoms. The smallest absolute Gasteiger partial charge is 0.262 e. The minimum Gasteiger partial charge on any atom is -0.280 e. The Hall–Kier alpha value is -2.10. The highest BCUT2D eigenvalue weighted by molar-refractivity contribution is 9.10. The highest BCUT2D eigenvalue weighted by atomic mass is 79.9. The fourth-order valence-corrected chi connectivity index (χ4v) is 3.94. The first kappa shape index (κ1) is 17.7. The summed E-state index contributed by atoms with van der Waals surface area (Å²) in [6, 6.07) is 17.4. The number of rotatable bonds is 5. The van der Waals surface area contributed by atoms with Crippen LogP contribution >= 0.6 is 27.7 Å². The lowest BCUT2D eigenvalue weighted by atomic mass is 10.1. The third-order valence-electron chi connectivity index (χ3n) is 3.94. The highest BCUT2D eigenvalue weighted by Gasteiger charge is 2.18. The number of benzene rings is 2. The molecule has 1 atom stereocenters. The van der Waals surface area contributed by atoms with Gasteiger partial charge in [-0.05, 0) is 30.7 Å². The van der Waals surface area contributed by atoms with E-state index in [2.05, 4.69) is 22.0 Å². The van der Waals surface area contributed by atoms with E-state index < -0.39 is 0 Å². The van der Waals surface area contributed by atoms with E-state index in [1.807, 2.05) is 55.5 Å². The Morgan fingerprint density at radius 3 is 2.76 bits per heavy atom. The topological polar surface area (TPSA) is 58.7 Å². The Morgan fingerprint density at radius 1 is 1.28 bits per heavy atom. The second-order valence-corrected chi connectivity index (χ2v) is 7.55. The molecule has 0 amide bonds. The first-order chi connectivity index (χ1) is 12.1. The molecule has 0 radical (unpaired) electrons. The number of thioether (sulfide) groups is 1. The Balaban J connectivity index is 2.19. The first-order valence-corrected chi connectivity index (χ1v) is 9.66. The van der Waals surface area contributed by atoms with Crippen LogP contribution in [0.3, 0.4) is 0 Å². The van der Waals surface area contributed by atoms with Crippen LogP contribution < -0.4 is 5.56 Å². The molecule has 0 fully saturated rings. The summed E-state index contributed by atoms with van der Waals surface area (Å²) < 4.78 is 2.58. The average molecular weight is 414 g/mol. The van der Waals surface area contributed by atoms with Crippen molar-refractivity contribution >= 4 is 38.6 Å². The maximum absolute atomic E-state index is 13.2. The predicted octanol–water partition coefficient (Wildman–Crippen LogP) is 4.77. The quantitative estimate of drug-likeness (QED) is 0.343. The standard InChI is InChI=1S/C19H16BrN3OS/c1-13(14-6-3-2-4-7-14)23-18(24)16-12-15(20)8-9-17(16)22-19(23)25-11-5-10-21/h2-4,6-9,12-13H,5,11H2,1H3. The van der Waals surface area contributed by atoms with E-state index in [9.17, 15) is 4.79 Å². The van der Waals surface area contributed by atoms with Gasteiger partial charge in [0.05, 0.1) is 23.0 Å². The zero-order chi connectivity index (χ0) is 17.8. The lowest BCUT2D eigenvalue weighted by Crippen LogP contribution is -2.27. The van der Waals surface area contributed by atoms with E-state index in [1.54, 1.807) is 4.57 Å². The van der Waals surface area contributed by atoms with Crippen LogP contribution in [0.25, 0.3) is 10.9 Å². The molecule has 25 heavy (non-hydrogen) atoms. The summed E-state index contributed by atoms with van der Waals surface area (Å²) in [5.74, 6) is 0.604. The molecule has 126 valence electrons. The molecule has 1 aromatic heterocycles. The van der Waals surface area contributed by atoms with Gasteiger partial charge < -0.3 is 0 Å². The molecule has 1 heterocycles. The van der Waals surface area contributed by atoms with Crippen LogP contribution in [0.2, 0.25) is 0 Å². The summed E-state index contributed by atoms with van der Waals surface area (Å²) in [4.78, 5) is 17.9. The molecule has 6 heteroatoms. The van der Waals surface area contributed by atoms with Gasteiger partial charge in [-0.2, -0.15) is 5.26 Å². The van der Waals surface area contributed by atoms with Gasteiger partial charge in [-0.25, -0.2) is 4.98 Å². The van der Waals surface area contributed by atoms with Gasteiger partial charge in [0.2, 0.25) is 0 Å². The number of fused-ring (bicyclic) bond motifs is 1. The summed E-state index contributed by atoms with van der Waals surface area (Å²) in [6.45, 7) is 2.00. The van der Waals surface area contributed by atoms with Crippen molar-refractivity contribution in [3.05, 3.63) is 68.9 Å². The molecule has 0 aliphatic carbocycles. The predicted molar refractivity (Wildman–Crippen MR) is 105 cm³/mol. The van der Waals surface area contributed by atoms with E-state index in [0.717, 1.165) is 10.0 Å². The van der Waals surface area contributed by atoms with Crippen molar-refractivity contribution in [3.63, 3.8) is 0 Å². The average Bonchev–Trinajstić information content (AvgIpc) is 2.63. The summed E-state index contributed by atoms with van der Waals surface area (Å²) in [5, 5.41) is 10.0. The third-order valence-corrected chi connectivity index (χ3v) is 5.39. The molecule has 0 aliphatic heterocycles. The summed E-state index contributed by atoms with van der Waals surface area (Å²) in [5.41, 5.74) is 1.65. The van der Waals surface area contributed by atoms with Gasteiger partial charge >= 0.3 is 0 Å². The Morgan fingerprint density at radius 2 is 2.04 bits per heavy atom. The monoisotopic (exact) mass is 413 g/mol. The van der Waals surface area contributed by atoms with Crippen LogP contribution in [-0.2, 0) is 0 Å². The van der Waals surface area contributed by atoms with Gasteiger partial charge in [0.1, 0.15) is 0 Å². The molecule has 0 N–H and O–H groups in total. The number of halogens is 1. The molecule has 0 saturated carbocycles. The number of nitrogens with zero attached hydrogens (tertiary/aromatic N) is 3. The van der Waals surface area contributed by atoms with Gasteiger partial charge in [0.15, 0.2) is 5.16 Å². The van der Waals surface area contributed by atoms with Gasteiger partial charge in [0.25, 0.3) is 5.56 Å². The first-order valence-electron chi connectivity index (χ1n) is 7.88. The van der Waals surface area contributed by atoms with Gasteiger partial charge in [-0.15, -0.1) is 0 Å². The minimum atomic E-state index is -0.144. The number of nitriles is 1. The molecule has 1 unspecified atom stereocenters. The minimum absolute atomic E-state index is 0.0675. The van der Waals surface area contributed by atoms with Crippen LogP contribution in [0.1, 0.15) is 24.9 Å². The third kappa shape index (κ3) is 3.78. The van der Waals surface area contributed by atoms with E-state index >= 15 is 0 Å². The van der Waals surface area contributed by atoms with E-state index in [-0.39, 0.29) is 11.6 Å². The SMILES string of the molecule is CC(c1ccccc1)n1c(SCCC#N)nc2ccc(Br)cc2c1=O. The van der Waals surface area contributed by atoms with Crippen LogP contribution in [0, 0.1) is 11.3 Å². The summed E-state index contributed by atoms with van der Waals surface area (Å²) >= 11 is 4.87. The molecule has 3 rings (SSSR count). The van der Waals surface area contributed by atoms with Crippen LogP contribution in [0.15, 0.2) is 63.0 Å². The van der Waals surface area contributed by atoms with Crippen molar-refractivity contribution in [3.8, 4) is 6.07 Å². The molecule has 0 bridgehead atoms. The van der Waals surface area contributed by atoms with Crippen molar-refractivity contribution in [1.82, 2.24) is 9.55 Å². The van der Waals surface area contributed by atoms with Crippen molar-refractivity contribution in [2.45, 2.75) is 24.5 Å². The maximum atomic E-state index is 13.2. The molecule has 0 saturated heterocycles. The molecular weight excluding hydrogens is 398 g/mol. The fraction of sp³-hybridized carbons (Fsp3) is 0.211. The van der Waals surface area contributed by atoms with E-state index in [1.165, 1.54) is 11.8 Å². The fourth-order valence-electron chi connectivity index (χ4n) is 2.66. The number of hydrogen-bond donors (Lipinski definition) is 0. The second kappa shape index (κ2) is 7.85. The van der Waals surface area contributed by atoms with Crippen molar-refractivity contribution < 1.29 is 0 Å². The molecule has 2 aromatic carbocycles. The summed E-state index contributed by atoms with van der Waals surface area (Å²) in [6.07, 6.45) is 0.415. The molecule has 3 aromatic rings. The van der Waals surface area contributed by atoms with Crippen LogP contribution in [-0.4, -0.2) is 15.3 Å². The van der Waals surface area contributed by atoms with Gasteiger partial charge in [0, 0.05) is 16.6 Å². The van der Waals surface area contributed by atoms with Crippen molar-refractivity contribution in [2.75, 3.05) is 5.75 Å². The zero-order valence-electron chi connectivity index (χ0n) is 13.6. The Labute approximate surface area is 158 Å². The van der Waals surface area contributed by atoms with Gasteiger partial charge in [-0.3, -0.25) is 9.36 Å². The van der Waals surface area contributed by atoms with Crippen molar-refractivity contribution in [1.29, 1.82) is 5.26 Å². The lowest BCUT2D eigenvalue weighted by Gasteiger charge is -2.20. The van der Waals surface area contributed by atoms with E-state index in [4.69, 9.17) is 10.2 Å². The Kier molecular flexibility index (Phi) is 5.57. The normalized spacial score (nSPS) is 12.0. The molecule has 4 nitrogen and oxygen atoms in total. The Bertz CT molecular complexity index is 995. The highest BCUT2D eigenvalue weighted by Crippen LogP contribution is 2.26. The maximum Gasteiger partial charge on any atom is 0.262 e. The van der Waals surface area contributed by atoms with Crippen LogP contribution in [0.4, 0.5) is 0 Å². The largest absolute Gasteiger partial charge is 0.280 e. The van der Waals surface area contributed by atoms with Crippen molar-refractivity contribution in [2.24, 2.45) is 0 Å². The molecule has 0 aliphatic rings. The van der Waals surface area contributed by atoms with Crippen LogP contribution in [0.5, 0.6) is 0 Å². The summed E-state index contributed by atoms with van der Waals surface area (Å²) in [7, 11) is 0. The molecular formula is C19H16BrN3OS. The second-order valence-electron chi connectivity index (χ2n) is 5.57. The lowest BCUT2D eigenvalue weighted by molar-refractivity contribution is 0.548. The number of hydrogen-bond acceptors (Lipinski definition) is 4. The number of aromatic nitrogens is 2. The zero-order valence-corrected chi connectivity index (χ0v) is 16.0.